The van der Waals surface area contributed by atoms with Crippen molar-refractivity contribution in [1.29, 1.82) is 0 Å². The molecule has 2 rings (SSSR count). The van der Waals surface area contributed by atoms with E-state index in [0.717, 1.165) is 29.4 Å². The summed E-state index contributed by atoms with van der Waals surface area (Å²) in [6, 6.07) is 5.63. The summed E-state index contributed by atoms with van der Waals surface area (Å²) in [4.78, 5) is 6.43. The fourth-order valence-corrected chi connectivity index (χ4v) is 2.43. The zero-order chi connectivity index (χ0) is 12.3. The van der Waals surface area contributed by atoms with Crippen LogP contribution in [-0.2, 0) is 13.1 Å². The van der Waals surface area contributed by atoms with Crippen LogP contribution in [0, 0.1) is 0 Å². The van der Waals surface area contributed by atoms with Crippen LogP contribution in [0.15, 0.2) is 29.1 Å². The van der Waals surface area contributed by atoms with Crippen LogP contribution in [0.5, 0.6) is 0 Å². The average Bonchev–Trinajstić information content (AvgIpc) is 2.75. The molecule has 0 atom stereocenters. The highest BCUT2D eigenvalue weighted by atomic mass is 35.5. The quantitative estimate of drug-likeness (QED) is 0.866. The molecule has 0 unspecified atom stereocenters. The number of nitrogen functional groups attached to an aromatic ring is 1. The molecule has 0 fully saturated rings. The molecular weight excluding hydrogens is 254 g/mol. The number of rotatable bonds is 4. The molecule has 0 spiro atoms. The zero-order valence-electron chi connectivity index (χ0n) is 9.56. The average molecular weight is 268 g/mol. The molecule has 5 heteroatoms. The van der Waals surface area contributed by atoms with E-state index in [2.05, 4.69) is 15.3 Å². The number of anilines is 1. The molecule has 0 saturated carbocycles. The van der Waals surface area contributed by atoms with Gasteiger partial charge < -0.3 is 5.73 Å². The number of nitrogens with zero attached hydrogens (tertiary/aromatic N) is 2. The van der Waals surface area contributed by atoms with Crippen molar-refractivity contribution >= 4 is 28.6 Å². The number of aromatic nitrogens is 1. The largest absolute Gasteiger partial charge is 0.399 e. The van der Waals surface area contributed by atoms with Crippen LogP contribution in [0.4, 0.5) is 5.69 Å². The molecule has 2 aromatic rings. The van der Waals surface area contributed by atoms with Gasteiger partial charge in [0.15, 0.2) is 0 Å². The monoisotopic (exact) mass is 267 g/mol. The first-order chi connectivity index (χ1) is 8.15. The molecule has 0 radical (unpaired) electrons. The van der Waals surface area contributed by atoms with Crippen LogP contribution in [0.25, 0.3) is 0 Å². The number of halogens is 1. The molecule has 0 aliphatic carbocycles. The second-order valence-electron chi connectivity index (χ2n) is 4.00. The Labute approximate surface area is 110 Å². The topological polar surface area (TPSA) is 42.2 Å². The third-order valence-electron chi connectivity index (χ3n) is 2.43. The summed E-state index contributed by atoms with van der Waals surface area (Å²) < 4.78 is 0. The smallest absolute Gasteiger partial charge is 0.0795 e. The Morgan fingerprint density at radius 1 is 1.41 bits per heavy atom. The van der Waals surface area contributed by atoms with E-state index in [9.17, 15) is 0 Å². The van der Waals surface area contributed by atoms with Gasteiger partial charge in [-0.15, -0.1) is 11.3 Å². The predicted molar refractivity (Wildman–Crippen MR) is 73.1 cm³/mol. The van der Waals surface area contributed by atoms with Gasteiger partial charge in [0.25, 0.3) is 0 Å². The fourth-order valence-electron chi connectivity index (χ4n) is 1.63. The summed E-state index contributed by atoms with van der Waals surface area (Å²) in [5.41, 5.74) is 10.4. The molecule has 1 aromatic carbocycles. The lowest BCUT2D eigenvalue weighted by Gasteiger charge is -2.16. The lowest BCUT2D eigenvalue weighted by atomic mass is 10.2. The van der Waals surface area contributed by atoms with Gasteiger partial charge in [0.05, 0.1) is 11.2 Å². The van der Waals surface area contributed by atoms with Crippen molar-refractivity contribution in [2.24, 2.45) is 0 Å². The van der Waals surface area contributed by atoms with Crippen molar-refractivity contribution in [1.82, 2.24) is 9.88 Å². The minimum absolute atomic E-state index is 0.695. The molecule has 17 heavy (non-hydrogen) atoms. The van der Waals surface area contributed by atoms with Crippen LogP contribution >= 0.6 is 22.9 Å². The highest BCUT2D eigenvalue weighted by Gasteiger charge is 2.06. The van der Waals surface area contributed by atoms with Gasteiger partial charge in [0.2, 0.25) is 0 Å². The summed E-state index contributed by atoms with van der Waals surface area (Å²) >= 11 is 7.75. The maximum Gasteiger partial charge on any atom is 0.0795 e. The number of benzene rings is 1. The van der Waals surface area contributed by atoms with Crippen LogP contribution in [-0.4, -0.2) is 16.9 Å². The van der Waals surface area contributed by atoms with Crippen molar-refractivity contribution in [2.75, 3.05) is 12.8 Å². The van der Waals surface area contributed by atoms with E-state index in [1.54, 1.807) is 17.4 Å². The molecule has 2 N–H and O–H groups in total. The molecule has 0 amide bonds. The Bertz CT molecular complexity index is 485. The Kier molecular flexibility index (Phi) is 3.99. The molecule has 90 valence electrons. The summed E-state index contributed by atoms with van der Waals surface area (Å²) in [6.07, 6.45) is 0. The van der Waals surface area contributed by atoms with Crippen LogP contribution in [0.1, 0.15) is 11.3 Å². The van der Waals surface area contributed by atoms with Crippen LogP contribution < -0.4 is 5.73 Å². The SMILES string of the molecule is CN(Cc1cscn1)Cc1ccc(N)cc1Cl. The van der Waals surface area contributed by atoms with Crippen LogP contribution in [0.2, 0.25) is 5.02 Å². The minimum Gasteiger partial charge on any atom is -0.399 e. The van der Waals surface area contributed by atoms with Crippen molar-refractivity contribution in [2.45, 2.75) is 13.1 Å². The van der Waals surface area contributed by atoms with Crippen molar-refractivity contribution in [3.63, 3.8) is 0 Å². The maximum atomic E-state index is 6.14. The van der Waals surface area contributed by atoms with E-state index < -0.39 is 0 Å². The molecule has 0 aliphatic rings. The highest BCUT2D eigenvalue weighted by Crippen LogP contribution is 2.20. The van der Waals surface area contributed by atoms with Gasteiger partial charge in [-0.25, -0.2) is 4.98 Å². The third-order valence-corrected chi connectivity index (χ3v) is 3.42. The first-order valence-corrected chi connectivity index (χ1v) is 6.57. The Balaban J connectivity index is 2.00. The summed E-state index contributed by atoms with van der Waals surface area (Å²) in [5.74, 6) is 0. The predicted octanol–water partition coefficient (Wildman–Crippen LogP) is 3.01. The normalized spacial score (nSPS) is 11.0. The van der Waals surface area contributed by atoms with Crippen molar-refractivity contribution in [3.05, 3.63) is 45.4 Å². The number of hydrogen-bond donors (Lipinski definition) is 1. The van der Waals surface area contributed by atoms with Crippen molar-refractivity contribution in [3.8, 4) is 0 Å². The van der Waals surface area contributed by atoms with Crippen LogP contribution in [0.3, 0.4) is 0 Å². The van der Waals surface area contributed by atoms with E-state index in [4.69, 9.17) is 17.3 Å². The fraction of sp³-hybridized carbons (Fsp3) is 0.250. The highest BCUT2D eigenvalue weighted by molar-refractivity contribution is 7.07. The molecule has 1 aromatic heterocycles. The molecule has 0 saturated heterocycles. The second kappa shape index (κ2) is 5.49. The lowest BCUT2D eigenvalue weighted by molar-refractivity contribution is 0.316. The van der Waals surface area contributed by atoms with Gasteiger partial charge >= 0.3 is 0 Å². The van der Waals surface area contributed by atoms with E-state index >= 15 is 0 Å². The van der Waals surface area contributed by atoms with Gasteiger partial charge in [-0.1, -0.05) is 17.7 Å². The van der Waals surface area contributed by atoms with Gasteiger partial charge in [-0.05, 0) is 24.7 Å². The Morgan fingerprint density at radius 2 is 2.24 bits per heavy atom. The van der Waals surface area contributed by atoms with Gasteiger partial charge in [0, 0.05) is 29.2 Å². The van der Waals surface area contributed by atoms with E-state index in [1.165, 1.54) is 0 Å². The van der Waals surface area contributed by atoms with Gasteiger partial charge in [-0.2, -0.15) is 0 Å². The molecule has 0 aliphatic heterocycles. The Hall–Kier alpha value is -1.10. The lowest BCUT2D eigenvalue weighted by Crippen LogP contribution is -2.17. The molecule has 0 bridgehead atoms. The Morgan fingerprint density at radius 3 is 2.88 bits per heavy atom. The summed E-state index contributed by atoms with van der Waals surface area (Å²) in [6.45, 7) is 1.61. The number of hydrogen-bond acceptors (Lipinski definition) is 4. The third kappa shape index (κ3) is 3.43. The second-order valence-corrected chi connectivity index (χ2v) is 5.13. The summed E-state index contributed by atoms with van der Waals surface area (Å²) in [5, 5.41) is 2.77. The standard InChI is InChI=1S/C12H14ClN3S/c1-16(6-11-7-17-8-15-11)5-9-2-3-10(14)4-12(9)13/h2-4,7-8H,5-6,14H2,1H3. The van der Waals surface area contributed by atoms with Crippen molar-refractivity contribution < 1.29 is 0 Å². The maximum absolute atomic E-state index is 6.14. The number of nitrogens with two attached hydrogens (primary N) is 1. The molecular formula is C12H14ClN3S. The first kappa shape index (κ1) is 12.4. The first-order valence-electron chi connectivity index (χ1n) is 5.24. The zero-order valence-corrected chi connectivity index (χ0v) is 11.1. The molecule has 1 heterocycles. The van der Waals surface area contributed by atoms with E-state index in [-0.39, 0.29) is 0 Å². The van der Waals surface area contributed by atoms with Gasteiger partial charge in [-0.3, -0.25) is 4.90 Å². The van der Waals surface area contributed by atoms with E-state index in [1.807, 2.05) is 24.7 Å². The number of thiazole rings is 1. The van der Waals surface area contributed by atoms with E-state index in [0.29, 0.717) is 5.69 Å². The van der Waals surface area contributed by atoms with Gasteiger partial charge in [0.1, 0.15) is 0 Å². The molecule has 3 nitrogen and oxygen atoms in total. The minimum atomic E-state index is 0.695. The summed E-state index contributed by atoms with van der Waals surface area (Å²) in [7, 11) is 2.05.